The van der Waals surface area contributed by atoms with E-state index in [-0.39, 0.29) is 6.54 Å². The van der Waals surface area contributed by atoms with E-state index < -0.39 is 6.10 Å². The second kappa shape index (κ2) is 4.50. The predicted octanol–water partition coefficient (Wildman–Crippen LogP) is 1.40. The molecule has 0 aliphatic heterocycles. The van der Waals surface area contributed by atoms with E-state index in [0.29, 0.717) is 0 Å². The normalized spacial score (nSPS) is 12.9. The Morgan fingerprint density at radius 3 is 2.92 bits per heavy atom. The van der Waals surface area contributed by atoms with Crippen molar-refractivity contribution < 1.29 is 5.11 Å². The summed E-state index contributed by atoms with van der Waals surface area (Å²) in [6, 6.07) is 7.79. The number of aliphatic hydroxyl groups excluding tert-OH is 1. The van der Waals surface area contributed by atoms with Crippen molar-refractivity contribution in [1.82, 2.24) is 0 Å². The molecule has 0 aromatic heterocycles. The molecule has 0 saturated carbocycles. The van der Waals surface area contributed by atoms with Crippen LogP contribution in [0.2, 0.25) is 0 Å². The van der Waals surface area contributed by atoms with Gasteiger partial charge in [0.2, 0.25) is 0 Å². The molecule has 3 heteroatoms. The molecule has 0 bridgehead atoms. The highest BCUT2D eigenvalue weighted by Gasteiger charge is 2.04. The van der Waals surface area contributed by atoms with E-state index in [1.165, 1.54) is 0 Å². The first-order chi connectivity index (χ1) is 5.77. The topological polar surface area (TPSA) is 46.2 Å². The molecule has 12 heavy (non-hydrogen) atoms. The minimum Gasteiger partial charge on any atom is -0.387 e. The first-order valence-corrected chi connectivity index (χ1v) is 5.02. The summed E-state index contributed by atoms with van der Waals surface area (Å²) in [6.07, 6.45) is 1.48. The van der Waals surface area contributed by atoms with Gasteiger partial charge in [-0.1, -0.05) is 12.1 Å². The van der Waals surface area contributed by atoms with Gasteiger partial charge in [0.25, 0.3) is 0 Å². The third kappa shape index (κ3) is 2.24. The maximum Gasteiger partial charge on any atom is 0.0912 e. The summed E-state index contributed by atoms with van der Waals surface area (Å²) in [6.45, 7) is 0.276. The van der Waals surface area contributed by atoms with E-state index in [9.17, 15) is 5.11 Å². The van der Waals surface area contributed by atoms with E-state index in [2.05, 4.69) is 0 Å². The zero-order valence-corrected chi connectivity index (χ0v) is 7.84. The van der Waals surface area contributed by atoms with Crippen LogP contribution in [0.3, 0.4) is 0 Å². The summed E-state index contributed by atoms with van der Waals surface area (Å²) in [5.74, 6) is 0. The van der Waals surface area contributed by atoms with Gasteiger partial charge in [-0.2, -0.15) is 0 Å². The average Bonchev–Trinajstić information content (AvgIpc) is 2.17. The van der Waals surface area contributed by atoms with Gasteiger partial charge in [-0.25, -0.2) is 0 Å². The van der Waals surface area contributed by atoms with Crippen LogP contribution >= 0.6 is 11.8 Å². The maximum absolute atomic E-state index is 9.41. The summed E-state index contributed by atoms with van der Waals surface area (Å²) >= 11 is 1.66. The molecule has 0 aliphatic rings. The molecular formula is C9H13NOS. The lowest BCUT2D eigenvalue weighted by Crippen LogP contribution is -2.11. The highest BCUT2D eigenvalue weighted by molar-refractivity contribution is 7.98. The summed E-state index contributed by atoms with van der Waals surface area (Å²) in [7, 11) is 0. The third-order valence-corrected chi connectivity index (χ3v) is 2.43. The van der Waals surface area contributed by atoms with Crippen molar-refractivity contribution in [2.75, 3.05) is 12.8 Å². The van der Waals surface area contributed by atoms with E-state index in [4.69, 9.17) is 5.73 Å². The number of thioether (sulfide) groups is 1. The molecule has 1 rings (SSSR count). The molecule has 0 aliphatic carbocycles. The quantitative estimate of drug-likeness (QED) is 0.696. The van der Waals surface area contributed by atoms with Crippen molar-refractivity contribution in [3.63, 3.8) is 0 Å². The molecule has 2 nitrogen and oxygen atoms in total. The van der Waals surface area contributed by atoms with Crippen molar-refractivity contribution in [1.29, 1.82) is 0 Å². The van der Waals surface area contributed by atoms with Crippen molar-refractivity contribution in [2.24, 2.45) is 5.73 Å². The van der Waals surface area contributed by atoms with Crippen LogP contribution in [0.4, 0.5) is 0 Å². The second-order valence-corrected chi connectivity index (χ2v) is 3.41. The highest BCUT2D eigenvalue weighted by Crippen LogP contribution is 2.19. The van der Waals surface area contributed by atoms with Crippen LogP contribution < -0.4 is 5.73 Å². The average molecular weight is 183 g/mol. The lowest BCUT2D eigenvalue weighted by molar-refractivity contribution is 0.186. The zero-order chi connectivity index (χ0) is 8.97. The lowest BCUT2D eigenvalue weighted by atomic mass is 10.1. The molecule has 0 amide bonds. The van der Waals surface area contributed by atoms with Gasteiger partial charge in [0.1, 0.15) is 0 Å². The molecule has 1 unspecified atom stereocenters. The number of nitrogens with two attached hydrogens (primary N) is 1. The molecule has 0 spiro atoms. The van der Waals surface area contributed by atoms with Crippen LogP contribution in [-0.2, 0) is 0 Å². The first kappa shape index (κ1) is 9.58. The van der Waals surface area contributed by atoms with Gasteiger partial charge in [-0.05, 0) is 24.0 Å². The summed E-state index contributed by atoms with van der Waals surface area (Å²) in [5.41, 5.74) is 6.23. The SMILES string of the molecule is CSc1cccc(C(O)CN)c1. The van der Waals surface area contributed by atoms with Gasteiger partial charge in [0.05, 0.1) is 6.10 Å². The maximum atomic E-state index is 9.41. The molecule has 1 aromatic carbocycles. The molecule has 0 fully saturated rings. The van der Waals surface area contributed by atoms with Crippen LogP contribution in [0, 0.1) is 0 Å². The van der Waals surface area contributed by atoms with E-state index in [0.717, 1.165) is 10.5 Å². The summed E-state index contributed by atoms with van der Waals surface area (Å²) in [5, 5.41) is 9.41. The standard InChI is InChI=1S/C9H13NOS/c1-12-8-4-2-3-7(5-8)9(11)6-10/h2-5,9,11H,6,10H2,1H3. The Balaban J connectivity index is 2.86. The van der Waals surface area contributed by atoms with Crippen molar-refractivity contribution >= 4 is 11.8 Å². The van der Waals surface area contributed by atoms with Crippen molar-refractivity contribution in [3.8, 4) is 0 Å². The van der Waals surface area contributed by atoms with Crippen LogP contribution in [0.1, 0.15) is 11.7 Å². The van der Waals surface area contributed by atoms with E-state index in [1.54, 1.807) is 11.8 Å². The highest BCUT2D eigenvalue weighted by atomic mass is 32.2. The Morgan fingerprint density at radius 2 is 2.33 bits per heavy atom. The van der Waals surface area contributed by atoms with Gasteiger partial charge in [0, 0.05) is 11.4 Å². The molecule has 3 N–H and O–H groups in total. The minimum absolute atomic E-state index is 0.276. The Hall–Kier alpha value is -0.510. The van der Waals surface area contributed by atoms with Crippen molar-refractivity contribution in [2.45, 2.75) is 11.0 Å². The van der Waals surface area contributed by atoms with Gasteiger partial charge >= 0.3 is 0 Å². The third-order valence-electron chi connectivity index (χ3n) is 1.70. The Labute approximate surface area is 76.8 Å². The second-order valence-electron chi connectivity index (χ2n) is 2.53. The van der Waals surface area contributed by atoms with Gasteiger partial charge < -0.3 is 10.8 Å². The molecule has 1 atom stereocenters. The Morgan fingerprint density at radius 1 is 1.58 bits per heavy atom. The van der Waals surface area contributed by atoms with E-state index >= 15 is 0 Å². The number of hydrogen-bond donors (Lipinski definition) is 2. The predicted molar refractivity (Wildman–Crippen MR) is 52.2 cm³/mol. The number of benzene rings is 1. The molecular weight excluding hydrogens is 170 g/mol. The van der Waals surface area contributed by atoms with Crippen LogP contribution in [-0.4, -0.2) is 17.9 Å². The molecule has 0 radical (unpaired) electrons. The summed E-state index contributed by atoms with van der Waals surface area (Å²) in [4.78, 5) is 1.15. The fraction of sp³-hybridized carbons (Fsp3) is 0.333. The minimum atomic E-state index is -0.530. The van der Waals surface area contributed by atoms with Crippen LogP contribution in [0.5, 0.6) is 0 Å². The molecule has 0 saturated heterocycles. The number of aliphatic hydroxyl groups is 1. The van der Waals surface area contributed by atoms with Crippen molar-refractivity contribution in [3.05, 3.63) is 29.8 Å². The van der Waals surface area contributed by atoms with Gasteiger partial charge in [0.15, 0.2) is 0 Å². The first-order valence-electron chi connectivity index (χ1n) is 3.80. The van der Waals surface area contributed by atoms with E-state index in [1.807, 2.05) is 30.5 Å². The monoisotopic (exact) mass is 183 g/mol. The fourth-order valence-corrected chi connectivity index (χ4v) is 1.45. The zero-order valence-electron chi connectivity index (χ0n) is 7.03. The lowest BCUT2D eigenvalue weighted by Gasteiger charge is -2.08. The Bertz CT molecular complexity index is 252. The number of rotatable bonds is 3. The number of hydrogen-bond acceptors (Lipinski definition) is 3. The fourth-order valence-electron chi connectivity index (χ4n) is 0.985. The molecule has 66 valence electrons. The van der Waals surface area contributed by atoms with Crippen LogP contribution in [0.25, 0.3) is 0 Å². The molecule has 0 heterocycles. The van der Waals surface area contributed by atoms with Gasteiger partial charge in [-0.15, -0.1) is 11.8 Å². The molecule has 1 aromatic rings. The van der Waals surface area contributed by atoms with Crippen LogP contribution in [0.15, 0.2) is 29.2 Å². The van der Waals surface area contributed by atoms with Gasteiger partial charge in [-0.3, -0.25) is 0 Å². The largest absolute Gasteiger partial charge is 0.387 e. The smallest absolute Gasteiger partial charge is 0.0912 e. The Kier molecular flexibility index (Phi) is 3.59. The summed E-state index contributed by atoms with van der Waals surface area (Å²) < 4.78 is 0.